The minimum atomic E-state index is 0. The summed E-state index contributed by atoms with van der Waals surface area (Å²) in [4.78, 5) is 9.74. The number of hydrogen-bond acceptors (Lipinski definition) is 3. The number of likely N-dealkylation sites (N-methyl/N-ethyl adjacent to an activating group) is 2. The van der Waals surface area contributed by atoms with E-state index in [2.05, 4.69) is 49.9 Å². The second-order valence-electron chi connectivity index (χ2n) is 8.29. The first-order chi connectivity index (χ1) is 11.5. The maximum absolute atomic E-state index is 5.94. The average Bonchev–Trinajstić information content (AvgIpc) is 3.18. The van der Waals surface area contributed by atoms with Gasteiger partial charge in [-0.2, -0.15) is 0 Å². The Hall–Kier alpha value is -0.0800. The molecule has 4 unspecified atom stereocenters. The van der Waals surface area contributed by atoms with Crippen LogP contribution in [0.15, 0.2) is 4.99 Å². The summed E-state index contributed by atoms with van der Waals surface area (Å²) in [5.74, 6) is 1.72. The van der Waals surface area contributed by atoms with E-state index in [1.54, 1.807) is 0 Å². The summed E-state index contributed by atoms with van der Waals surface area (Å²) < 4.78 is 5.94. The molecule has 25 heavy (non-hydrogen) atoms. The molecule has 2 aliphatic heterocycles. The topological polar surface area (TPSA) is 40.1 Å². The largest absolute Gasteiger partial charge is 0.377 e. The molecule has 0 amide bonds. The highest BCUT2D eigenvalue weighted by atomic mass is 127. The molecule has 4 atom stereocenters. The predicted molar refractivity (Wildman–Crippen MR) is 115 cm³/mol. The van der Waals surface area contributed by atoms with Crippen molar-refractivity contribution in [3.8, 4) is 0 Å². The third kappa shape index (κ3) is 4.10. The van der Waals surface area contributed by atoms with Gasteiger partial charge in [0.15, 0.2) is 5.96 Å². The van der Waals surface area contributed by atoms with E-state index in [4.69, 9.17) is 9.73 Å². The van der Waals surface area contributed by atoms with E-state index >= 15 is 0 Å². The Bertz CT molecular complexity index is 470. The lowest BCUT2D eigenvalue weighted by molar-refractivity contribution is -0.107. The van der Waals surface area contributed by atoms with Crippen molar-refractivity contribution in [1.29, 1.82) is 0 Å². The number of aliphatic imine (C=N–C) groups is 1. The third-order valence-corrected chi connectivity index (χ3v) is 6.44. The number of likely N-dealkylation sites (tertiary alicyclic amines) is 1. The Kier molecular flexibility index (Phi) is 7.42. The Balaban J connectivity index is 0.00000225. The second-order valence-corrected chi connectivity index (χ2v) is 8.29. The van der Waals surface area contributed by atoms with Gasteiger partial charge in [-0.15, -0.1) is 24.0 Å². The number of halogens is 1. The van der Waals surface area contributed by atoms with Crippen LogP contribution in [0.3, 0.4) is 0 Å². The van der Waals surface area contributed by atoms with E-state index in [0.717, 1.165) is 32.2 Å². The van der Waals surface area contributed by atoms with Crippen LogP contribution in [0.1, 0.15) is 47.0 Å². The fraction of sp³-hybridized carbons (Fsp3) is 0.947. The van der Waals surface area contributed by atoms with Crippen molar-refractivity contribution in [2.75, 3.05) is 39.8 Å². The number of nitrogens with one attached hydrogen (secondary N) is 1. The molecular formula is C19H37IN4O. The molecule has 0 spiro atoms. The van der Waals surface area contributed by atoms with Gasteiger partial charge in [0.05, 0.1) is 6.10 Å². The molecule has 2 saturated heterocycles. The minimum Gasteiger partial charge on any atom is -0.377 e. The van der Waals surface area contributed by atoms with Gasteiger partial charge in [-0.1, -0.05) is 20.8 Å². The molecular weight excluding hydrogens is 427 g/mol. The van der Waals surface area contributed by atoms with Crippen LogP contribution in [0, 0.1) is 11.3 Å². The predicted octanol–water partition coefficient (Wildman–Crippen LogP) is 2.80. The first kappa shape index (κ1) is 21.2. The molecule has 0 aromatic heterocycles. The zero-order chi connectivity index (χ0) is 17.3. The van der Waals surface area contributed by atoms with E-state index in [1.165, 1.54) is 25.8 Å². The van der Waals surface area contributed by atoms with Gasteiger partial charge in [-0.25, -0.2) is 0 Å². The van der Waals surface area contributed by atoms with E-state index in [1.807, 2.05) is 0 Å². The number of ether oxygens (including phenoxy) is 1. The van der Waals surface area contributed by atoms with Crippen LogP contribution in [-0.2, 0) is 4.74 Å². The van der Waals surface area contributed by atoms with E-state index in [-0.39, 0.29) is 29.4 Å². The fourth-order valence-corrected chi connectivity index (χ4v) is 5.10. The number of fused-ring (bicyclic) bond motifs is 1. The van der Waals surface area contributed by atoms with Gasteiger partial charge in [0.2, 0.25) is 0 Å². The molecule has 0 aromatic rings. The second kappa shape index (κ2) is 8.74. The van der Waals surface area contributed by atoms with Gasteiger partial charge in [0.1, 0.15) is 0 Å². The Morgan fingerprint density at radius 1 is 1.32 bits per heavy atom. The van der Waals surface area contributed by atoms with Crippen LogP contribution in [0.25, 0.3) is 0 Å². The normalized spacial score (nSPS) is 34.2. The van der Waals surface area contributed by atoms with Gasteiger partial charge in [0.25, 0.3) is 0 Å². The van der Waals surface area contributed by atoms with E-state index in [9.17, 15) is 0 Å². The molecule has 0 radical (unpaired) electrons. The molecule has 3 aliphatic rings. The number of hydrogen-bond donors (Lipinski definition) is 1. The monoisotopic (exact) mass is 464 g/mol. The summed E-state index contributed by atoms with van der Waals surface area (Å²) in [6.45, 7) is 14.3. The zero-order valence-electron chi connectivity index (χ0n) is 16.6. The van der Waals surface area contributed by atoms with Gasteiger partial charge >= 0.3 is 0 Å². The molecule has 146 valence electrons. The van der Waals surface area contributed by atoms with Gasteiger partial charge in [-0.3, -0.25) is 9.89 Å². The molecule has 3 fully saturated rings. The molecule has 5 nitrogen and oxygen atoms in total. The zero-order valence-corrected chi connectivity index (χ0v) is 19.0. The maximum Gasteiger partial charge on any atom is 0.193 e. The van der Waals surface area contributed by atoms with Crippen molar-refractivity contribution in [2.45, 2.75) is 65.1 Å². The number of nitrogens with zero attached hydrogens (tertiary/aromatic N) is 3. The Morgan fingerprint density at radius 2 is 2.08 bits per heavy atom. The van der Waals surface area contributed by atoms with Crippen LogP contribution in [-0.4, -0.2) is 73.8 Å². The van der Waals surface area contributed by atoms with Crippen LogP contribution in [0.5, 0.6) is 0 Å². The van der Waals surface area contributed by atoms with Crippen molar-refractivity contribution in [2.24, 2.45) is 16.3 Å². The number of rotatable bonds is 5. The fourth-order valence-electron chi connectivity index (χ4n) is 5.10. The first-order valence-electron chi connectivity index (χ1n) is 9.86. The summed E-state index contributed by atoms with van der Waals surface area (Å²) in [6, 6.07) is 1.14. The highest BCUT2D eigenvalue weighted by Gasteiger charge is 2.59. The molecule has 1 N–H and O–H groups in total. The van der Waals surface area contributed by atoms with Crippen molar-refractivity contribution < 1.29 is 4.74 Å². The summed E-state index contributed by atoms with van der Waals surface area (Å²) in [6.07, 6.45) is 4.25. The molecule has 6 heteroatoms. The maximum atomic E-state index is 5.94. The summed E-state index contributed by atoms with van der Waals surface area (Å²) >= 11 is 0. The van der Waals surface area contributed by atoms with Crippen molar-refractivity contribution >= 4 is 29.9 Å². The van der Waals surface area contributed by atoms with Crippen molar-refractivity contribution in [3.63, 3.8) is 0 Å². The molecule has 0 bridgehead atoms. The van der Waals surface area contributed by atoms with Crippen molar-refractivity contribution in [1.82, 2.24) is 15.1 Å². The molecule has 1 saturated carbocycles. The lowest BCUT2D eigenvalue weighted by atomic mass is 9.57. The highest BCUT2D eigenvalue weighted by Crippen LogP contribution is 2.52. The van der Waals surface area contributed by atoms with Gasteiger partial charge < -0.3 is 15.0 Å². The standard InChI is InChI=1S/C19H36N4O.HI/c1-6-20-18(22(5)13-14-9-8-11-23(14)7-2)21-16-15-10-12-24-17(15)19(16,3)4;/h14-17H,6-13H2,1-5H3,(H,20,21);1H. The van der Waals surface area contributed by atoms with Crippen LogP contribution in [0.2, 0.25) is 0 Å². The van der Waals surface area contributed by atoms with Crippen LogP contribution < -0.4 is 5.32 Å². The molecule has 2 heterocycles. The Morgan fingerprint density at radius 3 is 2.76 bits per heavy atom. The minimum absolute atomic E-state index is 0. The van der Waals surface area contributed by atoms with E-state index < -0.39 is 0 Å². The average molecular weight is 464 g/mol. The third-order valence-electron chi connectivity index (χ3n) is 6.44. The Labute approximate surface area is 171 Å². The summed E-state index contributed by atoms with van der Waals surface area (Å²) in [5, 5.41) is 3.80. The van der Waals surface area contributed by atoms with Gasteiger partial charge in [-0.05, 0) is 39.3 Å². The SMILES string of the molecule is CCN=C(NC1C2CCOC2C1(C)C)N(C)CC1CCCN1CC.I. The summed E-state index contributed by atoms with van der Waals surface area (Å²) in [7, 11) is 2.20. The van der Waals surface area contributed by atoms with E-state index in [0.29, 0.717) is 24.1 Å². The highest BCUT2D eigenvalue weighted by molar-refractivity contribution is 14.0. The molecule has 1 aliphatic carbocycles. The van der Waals surface area contributed by atoms with Crippen molar-refractivity contribution in [3.05, 3.63) is 0 Å². The molecule has 0 aromatic carbocycles. The van der Waals surface area contributed by atoms with Crippen LogP contribution in [0.4, 0.5) is 0 Å². The van der Waals surface area contributed by atoms with Gasteiger partial charge in [0, 0.05) is 50.2 Å². The molecule has 3 rings (SSSR count). The lowest BCUT2D eigenvalue weighted by Gasteiger charge is -2.55. The number of guanidine groups is 1. The lowest BCUT2D eigenvalue weighted by Crippen LogP contribution is -2.68. The smallest absolute Gasteiger partial charge is 0.193 e. The first-order valence-corrected chi connectivity index (χ1v) is 9.86. The quantitative estimate of drug-likeness (QED) is 0.386. The summed E-state index contributed by atoms with van der Waals surface area (Å²) in [5.41, 5.74) is 0.194. The van der Waals surface area contributed by atoms with Crippen LogP contribution >= 0.6 is 24.0 Å².